The van der Waals surface area contributed by atoms with E-state index in [1.165, 1.54) is 0 Å². The van der Waals surface area contributed by atoms with E-state index in [0.717, 1.165) is 11.1 Å². The van der Waals surface area contributed by atoms with E-state index in [9.17, 15) is 4.79 Å². The Kier molecular flexibility index (Phi) is 4.27. The van der Waals surface area contributed by atoms with Crippen LogP contribution >= 0.6 is 0 Å². The summed E-state index contributed by atoms with van der Waals surface area (Å²) in [4.78, 5) is 16.6. The SMILES string of the molecule is C#Cc1cccc(N=C2OC(=O)c3ccc(C#Cc4ccccc4)cc32)c1. The Morgan fingerprint density at radius 1 is 0.778 bits per heavy atom. The topological polar surface area (TPSA) is 38.7 Å². The summed E-state index contributed by atoms with van der Waals surface area (Å²) >= 11 is 0. The van der Waals surface area contributed by atoms with Crippen molar-refractivity contribution in [3.8, 4) is 24.2 Å². The van der Waals surface area contributed by atoms with Gasteiger partial charge in [-0.2, -0.15) is 0 Å². The third kappa shape index (κ3) is 3.49. The van der Waals surface area contributed by atoms with Gasteiger partial charge in [-0.1, -0.05) is 42.0 Å². The van der Waals surface area contributed by atoms with Crippen molar-refractivity contribution < 1.29 is 9.53 Å². The molecule has 0 unspecified atom stereocenters. The van der Waals surface area contributed by atoms with E-state index in [4.69, 9.17) is 11.2 Å². The number of fused-ring (bicyclic) bond motifs is 1. The number of nitrogens with zero attached hydrogens (tertiary/aromatic N) is 1. The number of carbonyl (C=O) groups excluding carboxylic acids is 1. The van der Waals surface area contributed by atoms with Crippen molar-refractivity contribution in [3.63, 3.8) is 0 Å². The Morgan fingerprint density at radius 2 is 1.56 bits per heavy atom. The second-order valence-electron chi connectivity index (χ2n) is 5.88. The lowest BCUT2D eigenvalue weighted by atomic mass is 10.1. The van der Waals surface area contributed by atoms with E-state index in [-0.39, 0.29) is 5.90 Å². The minimum absolute atomic E-state index is 0.257. The van der Waals surface area contributed by atoms with Crippen LogP contribution in [0.2, 0.25) is 0 Å². The lowest BCUT2D eigenvalue weighted by Gasteiger charge is -2.00. The monoisotopic (exact) mass is 347 g/mol. The average molecular weight is 347 g/mol. The molecule has 0 aromatic heterocycles. The van der Waals surface area contributed by atoms with Crippen molar-refractivity contribution in [1.82, 2.24) is 0 Å². The molecule has 0 atom stereocenters. The highest BCUT2D eigenvalue weighted by molar-refractivity contribution is 6.17. The van der Waals surface area contributed by atoms with Crippen LogP contribution in [-0.4, -0.2) is 11.9 Å². The normalized spacial score (nSPS) is 13.3. The number of hydrogen-bond acceptors (Lipinski definition) is 3. The van der Waals surface area contributed by atoms with Crippen LogP contribution in [0.4, 0.5) is 5.69 Å². The third-order valence-corrected chi connectivity index (χ3v) is 4.03. The van der Waals surface area contributed by atoms with Gasteiger partial charge >= 0.3 is 5.97 Å². The molecular weight excluding hydrogens is 334 g/mol. The maximum Gasteiger partial charge on any atom is 0.345 e. The number of rotatable bonds is 1. The average Bonchev–Trinajstić information content (AvgIpc) is 3.02. The molecule has 0 bridgehead atoms. The zero-order valence-electron chi connectivity index (χ0n) is 14.3. The Morgan fingerprint density at radius 3 is 2.37 bits per heavy atom. The fourth-order valence-corrected chi connectivity index (χ4v) is 2.71. The first kappa shape index (κ1) is 16.4. The quantitative estimate of drug-likeness (QED) is 0.486. The molecule has 1 heterocycles. The van der Waals surface area contributed by atoms with Crippen molar-refractivity contribution in [2.45, 2.75) is 0 Å². The molecule has 0 saturated heterocycles. The molecule has 0 saturated carbocycles. The molecule has 3 nitrogen and oxygen atoms in total. The second-order valence-corrected chi connectivity index (χ2v) is 5.88. The lowest BCUT2D eigenvalue weighted by molar-refractivity contribution is 0.0737. The molecule has 0 fully saturated rings. The van der Waals surface area contributed by atoms with Crippen LogP contribution < -0.4 is 0 Å². The Hall–Kier alpha value is -4.08. The predicted octanol–water partition coefficient (Wildman–Crippen LogP) is 4.32. The maximum atomic E-state index is 12.1. The Bertz CT molecular complexity index is 1170. The number of cyclic esters (lactones) is 1. The summed E-state index contributed by atoms with van der Waals surface area (Å²) < 4.78 is 5.34. The highest BCUT2D eigenvalue weighted by Gasteiger charge is 2.28. The summed E-state index contributed by atoms with van der Waals surface area (Å²) in [6.45, 7) is 0. The van der Waals surface area contributed by atoms with Gasteiger partial charge in [-0.15, -0.1) is 6.42 Å². The number of aliphatic imine (C=N–C) groups is 1. The molecule has 3 aromatic carbocycles. The summed E-state index contributed by atoms with van der Waals surface area (Å²) in [6, 6.07) is 22.2. The molecule has 3 aromatic rings. The second kappa shape index (κ2) is 7.04. The van der Waals surface area contributed by atoms with Gasteiger partial charge in [0.05, 0.1) is 16.8 Å². The molecule has 0 spiro atoms. The number of benzene rings is 3. The van der Waals surface area contributed by atoms with Gasteiger partial charge in [0.1, 0.15) is 0 Å². The van der Waals surface area contributed by atoms with E-state index in [1.807, 2.05) is 48.5 Å². The van der Waals surface area contributed by atoms with E-state index < -0.39 is 5.97 Å². The van der Waals surface area contributed by atoms with Crippen LogP contribution in [0.25, 0.3) is 0 Å². The van der Waals surface area contributed by atoms with Crippen LogP contribution in [0.5, 0.6) is 0 Å². The third-order valence-electron chi connectivity index (χ3n) is 4.03. The molecule has 0 aliphatic carbocycles. The summed E-state index contributed by atoms with van der Waals surface area (Å²) in [7, 11) is 0. The fraction of sp³-hybridized carbons (Fsp3) is 0. The van der Waals surface area contributed by atoms with Crippen LogP contribution in [0.1, 0.15) is 32.6 Å². The molecule has 0 N–H and O–H groups in total. The van der Waals surface area contributed by atoms with Crippen LogP contribution in [0.15, 0.2) is 77.8 Å². The molecule has 3 heteroatoms. The van der Waals surface area contributed by atoms with Crippen molar-refractivity contribution in [1.29, 1.82) is 0 Å². The first-order valence-corrected chi connectivity index (χ1v) is 8.32. The summed E-state index contributed by atoms with van der Waals surface area (Å²) in [5.74, 6) is 8.62. The molecular formula is C24H13NO2. The van der Waals surface area contributed by atoms with Crippen LogP contribution in [0.3, 0.4) is 0 Å². The van der Waals surface area contributed by atoms with Crippen LogP contribution in [0, 0.1) is 24.2 Å². The van der Waals surface area contributed by atoms with E-state index in [1.54, 1.807) is 24.3 Å². The predicted molar refractivity (Wildman–Crippen MR) is 105 cm³/mol. The molecule has 4 rings (SSSR count). The summed E-state index contributed by atoms with van der Waals surface area (Å²) in [5, 5.41) is 0. The standard InChI is InChI=1S/C24H13NO2/c1-2-17-9-6-10-20(15-17)25-23-22-16-19(13-14-21(22)24(26)27-23)12-11-18-7-4-3-5-8-18/h1,3-10,13-16H. The molecule has 0 radical (unpaired) electrons. The first-order valence-electron chi connectivity index (χ1n) is 8.32. The van der Waals surface area contributed by atoms with Gasteiger partial charge in [-0.25, -0.2) is 9.79 Å². The van der Waals surface area contributed by atoms with Crippen molar-refractivity contribution in [2.75, 3.05) is 0 Å². The summed E-state index contributed by atoms with van der Waals surface area (Å²) in [6.07, 6.45) is 5.43. The van der Waals surface area contributed by atoms with E-state index in [0.29, 0.717) is 22.4 Å². The van der Waals surface area contributed by atoms with Gasteiger partial charge < -0.3 is 4.74 Å². The highest BCUT2D eigenvalue weighted by Crippen LogP contribution is 2.25. The molecule has 1 aliphatic rings. The van der Waals surface area contributed by atoms with Gasteiger partial charge in [0.15, 0.2) is 0 Å². The molecule has 126 valence electrons. The highest BCUT2D eigenvalue weighted by atomic mass is 16.5. The zero-order valence-corrected chi connectivity index (χ0v) is 14.3. The fourth-order valence-electron chi connectivity index (χ4n) is 2.71. The van der Waals surface area contributed by atoms with Gasteiger partial charge in [-0.05, 0) is 48.5 Å². The van der Waals surface area contributed by atoms with E-state index in [2.05, 4.69) is 22.8 Å². The maximum absolute atomic E-state index is 12.1. The van der Waals surface area contributed by atoms with Gasteiger partial charge in [0.25, 0.3) is 0 Å². The first-order chi connectivity index (χ1) is 13.2. The van der Waals surface area contributed by atoms with Crippen LogP contribution in [-0.2, 0) is 4.74 Å². The number of hydrogen-bond donors (Lipinski definition) is 0. The van der Waals surface area contributed by atoms with E-state index >= 15 is 0 Å². The minimum Gasteiger partial charge on any atom is -0.403 e. The van der Waals surface area contributed by atoms with Crippen molar-refractivity contribution in [3.05, 3.63) is 101 Å². The number of terminal acetylenes is 1. The number of ether oxygens (including phenoxy) is 1. The largest absolute Gasteiger partial charge is 0.403 e. The zero-order chi connectivity index (χ0) is 18.6. The molecule has 0 amide bonds. The smallest absolute Gasteiger partial charge is 0.345 e. The van der Waals surface area contributed by atoms with Gasteiger partial charge in [0, 0.05) is 16.7 Å². The molecule has 1 aliphatic heterocycles. The lowest BCUT2D eigenvalue weighted by Crippen LogP contribution is -1.99. The number of esters is 1. The Labute approximate surface area is 157 Å². The van der Waals surface area contributed by atoms with Crippen molar-refractivity contribution >= 4 is 17.6 Å². The summed E-state index contributed by atoms with van der Waals surface area (Å²) in [5.41, 5.74) is 4.15. The minimum atomic E-state index is -0.417. The Balaban J connectivity index is 1.72. The number of carbonyl (C=O) groups is 1. The molecule has 27 heavy (non-hydrogen) atoms. The van der Waals surface area contributed by atoms with Crippen molar-refractivity contribution in [2.24, 2.45) is 4.99 Å². The van der Waals surface area contributed by atoms with Gasteiger partial charge in [-0.3, -0.25) is 0 Å². The van der Waals surface area contributed by atoms with Gasteiger partial charge in [0.2, 0.25) is 5.90 Å².